The maximum absolute atomic E-state index is 12.3. The van der Waals surface area contributed by atoms with Gasteiger partial charge in [-0.25, -0.2) is 4.98 Å². The Morgan fingerprint density at radius 2 is 1.79 bits per heavy atom. The molecule has 0 radical (unpaired) electrons. The molecule has 6 nitrogen and oxygen atoms in total. The lowest BCUT2D eigenvalue weighted by Crippen LogP contribution is -2.36. The van der Waals surface area contributed by atoms with Gasteiger partial charge in [0.05, 0.1) is 34.5 Å². The molecule has 0 saturated heterocycles. The van der Waals surface area contributed by atoms with E-state index in [2.05, 4.69) is 15.6 Å². The van der Waals surface area contributed by atoms with Crippen molar-refractivity contribution in [2.75, 3.05) is 30.8 Å². The van der Waals surface area contributed by atoms with Crippen LogP contribution in [-0.2, 0) is 9.59 Å². The summed E-state index contributed by atoms with van der Waals surface area (Å²) in [5, 5.41) is 9.05. The first-order chi connectivity index (χ1) is 13.9. The molecule has 3 aromatic rings. The fraction of sp³-hybridized carbons (Fsp3) is 0.190. The second-order valence-corrected chi connectivity index (χ2v) is 8.05. The van der Waals surface area contributed by atoms with Gasteiger partial charge in [0.2, 0.25) is 11.8 Å². The summed E-state index contributed by atoms with van der Waals surface area (Å²) in [7, 11) is 1.71. The normalized spacial score (nSPS) is 10.8. The molecule has 0 atom stereocenters. The number of likely N-dealkylation sites (N-methyl/N-ethyl adjacent to an activating group) is 1. The van der Waals surface area contributed by atoms with Crippen LogP contribution in [0.15, 0.2) is 53.9 Å². The summed E-state index contributed by atoms with van der Waals surface area (Å²) in [6.45, 7) is 2.10. The van der Waals surface area contributed by atoms with Crippen molar-refractivity contribution in [2.24, 2.45) is 0 Å². The average molecular weight is 429 g/mol. The van der Waals surface area contributed by atoms with Gasteiger partial charge in [0.1, 0.15) is 0 Å². The van der Waals surface area contributed by atoms with Crippen LogP contribution in [0.5, 0.6) is 0 Å². The second kappa shape index (κ2) is 9.65. The van der Waals surface area contributed by atoms with Crippen LogP contribution in [0, 0.1) is 6.92 Å². The standard InChI is InChI=1S/C21H21ClN4O2S/c1-14-23-19(13-29-14)15-6-5-7-16(10-15)24-20(27)11-26(2)12-21(28)25-18-9-4-3-8-17(18)22/h3-10,13H,11-12H2,1-2H3,(H,24,27)(H,25,28). The van der Waals surface area contributed by atoms with Gasteiger partial charge in [0, 0.05) is 16.6 Å². The molecular weight excluding hydrogens is 408 g/mol. The number of hydrogen-bond acceptors (Lipinski definition) is 5. The number of rotatable bonds is 7. The van der Waals surface area contributed by atoms with E-state index in [-0.39, 0.29) is 24.9 Å². The van der Waals surface area contributed by atoms with E-state index in [1.54, 1.807) is 47.5 Å². The van der Waals surface area contributed by atoms with Gasteiger partial charge in [-0.05, 0) is 38.2 Å². The third-order valence-electron chi connectivity index (χ3n) is 4.04. The molecule has 0 aliphatic rings. The number of nitrogens with zero attached hydrogens (tertiary/aromatic N) is 2. The lowest BCUT2D eigenvalue weighted by molar-refractivity contribution is -0.119. The largest absolute Gasteiger partial charge is 0.325 e. The Kier molecular flexibility index (Phi) is 6.98. The predicted molar refractivity (Wildman–Crippen MR) is 118 cm³/mol. The van der Waals surface area contributed by atoms with Crippen LogP contribution in [0.2, 0.25) is 5.02 Å². The minimum Gasteiger partial charge on any atom is -0.325 e. The molecule has 0 aliphatic heterocycles. The number of hydrogen-bond donors (Lipinski definition) is 2. The zero-order valence-corrected chi connectivity index (χ0v) is 17.7. The maximum atomic E-state index is 12.3. The zero-order chi connectivity index (χ0) is 20.8. The van der Waals surface area contributed by atoms with Gasteiger partial charge in [0.25, 0.3) is 0 Å². The summed E-state index contributed by atoms with van der Waals surface area (Å²) in [6, 6.07) is 14.6. The summed E-state index contributed by atoms with van der Waals surface area (Å²) >= 11 is 7.62. The van der Waals surface area contributed by atoms with Crippen molar-refractivity contribution in [3.05, 3.63) is 63.9 Å². The summed E-state index contributed by atoms with van der Waals surface area (Å²) in [5.41, 5.74) is 3.06. The number of para-hydroxylation sites is 1. The highest BCUT2D eigenvalue weighted by Gasteiger charge is 2.13. The topological polar surface area (TPSA) is 74.3 Å². The van der Waals surface area contributed by atoms with Gasteiger partial charge in [0.15, 0.2) is 0 Å². The van der Waals surface area contributed by atoms with Crippen molar-refractivity contribution in [3.8, 4) is 11.3 Å². The van der Waals surface area contributed by atoms with Crippen LogP contribution >= 0.6 is 22.9 Å². The van der Waals surface area contributed by atoms with E-state index in [4.69, 9.17) is 11.6 Å². The molecule has 8 heteroatoms. The molecule has 2 aromatic carbocycles. The van der Waals surface area contributed by atoms with Crippen molar-refractivity contribution in [1.29, 1.82) is 0 Å². The Bertz CT molecular complexity index is 1020. The molecule has 29 heavy (non-hydrogen) atoms. The highest BCUT2D eigenvalue weighted by atomic mass is 35.5. The molecular formula is C21H21ClN4O2S. The van der Waals surface area contributed by atoms with Crippen molar-refractivity contribution in [3.63, 3.8) is 0 Å². The number of anilines is 2. The lowest BCUT2D eigenvalue weighted by Gasteiger charge is -2.16. The third-order valence-corrected chi connectivity index (χ3v) is 5.14. The molecule has 0 saturated carbocycles. The quantitative estimate of drug-likeness (QED) is 0.589. The molecule has 2 amide bonds. The molecule has 1 aromatic heterocycles. The number of aromatic nitrogens is 1. The second-order valence-electron chi connectivity index (χ2n) is 6.58. The zero-order valence-electron chi connectivity index (χ0n) is 16.1. The SMILES string of the molecule is Cc1nc(-c2cccc(NC(=O)CN(C)CC(=O)Nc3ccccc3Cl)c2)cs1. The number of benzene rings is 2. The molecule has 0 spiro atoms. The predicted octanol–water partition coefficient (Wildman–Crippen LogP) is 4.28. The number of thiazole rings is 1. The average Bonchev–Trinajstić information content (AvgIpc) is 3.10. The lowest BCUT2D eigenvalue weighted by atomic mass is 10.1. The number of carbonyl (C=O) groups is 2. The molecule has 0 aliphatic carbocycles. The van der Waals surface area contributed by atoms with Gasteiger partial charge in [-0.3, -0.25) is 14.5 Å². The summed E-state index contributed by atoms with van der Waals surface area (Å²) in [5.74, 6) is -0.445. The van der Waals surface area contributed by atoms with Crippen LogP contribution in [-0.4, -0.2) is 41.8 Å². The number of carbonyl (C=O) groups excluding carboxylic acids is 2. The molecule has 0 bridgehead atoms. The smallest absolute Gasteiger partial charge is 0.238 e. The Balaban J connectivity index is 1.52. The molecule has 150 valence electrons. The molecule has 0 fully saturated rings. The molecule has 2 N–H and O–H groups in total. The van der Waals surface area contributed by atoms with Gasteiger partial charge in [-0.1, -0.05) is 35.9 Å². The fourth-order valence-corrected chi connectivity index (χ4v) is 3.56. The minimum atomic E-state index is -0.241. The van der Waals surface area contributed by atoms with Gasteiger partial charge in [-0.15, -0.1) is 11.3 Å². The summed E-state index contributed by atoms with van der Waals surface area (Å²) in [6.07, 6.45) is 0. The summed E-state index contributed by atoms with van der Waals surface area (Å²) < 4.78 is 0. The van der Waals surface area contributed by atoms with E-state index in [1.807, 2.05) is 36.6 Å². The Hall–Kier alpha value is -2.74. The van der Waals surface area contributed by atoms with E-state index >= 15 is 0 Å². The molecule has 3 rings (SSSR count). The Morgan fingerprint density at radius 3 is 2.48 bits per heavy atom. The van der Waals surface area contributed by atoms with Crippen LogP contribution < -0.4 is 10.6 Å². The molecule has 1 heterocycles. The highest BCUT2D eigenvalue weighted by molar-refractivity contribution is 7.09. The number of aryl methyl sites for hydroxylation is 1. The van der Waals surface area contributed by atoms with Crippen LogP contribution in [0.3, 0.4) is 0 Å². The van der Waals surface area contributed by atoms with E-state index in [0.717, 1.165) is 16.3 Å². The Labute approximate surface area is 178 Å². The van der Waals surface area contributed by atoms with E-state index in [9.17, 15) is 9.59 Å². The monoisotopic (exact) mass is 428 g/mol. The first-order valence-electron chi connectivity index (χ1n) is 8.96. The number of amides is 2. The molecule has 0 unspecified atom stereocenters. The Morgan fingerprint density at radius 1 is 1.07 bits per heavy atom. The van der Waals surface area contributed by atoms with Gasteiger partial charge >= 0.3 is 0 Å². The third kappa shape index (κ3) is 6.12. The van der Waals surface area contributed by atoms with Crippen molar-refractivity contribution >= 4 is 46.1 Å². The van der Waals surface area contributed by atoms with E-state index in [1.165, 1.54) is 0 Å². The van der Waals surface area contributed by atoms with Crippen molar-refractivity contribution < 1.29 is 9.59 Å². The first-order valence-corrected chi connectivity index (χ1v) is 10.2. The van der Waals surface area contributed by atoms with Gasteiger partial charge in [-0.2, -0.15) is 0 Å². The number of halogens is 1. The maximum Gasteiger partial charge on any atom is 0.238 e. The number of nitrogens with one attached hydrogen (secondary N) is 2. The van der Waals surface area contributed by atoms with E-state index < -0.39 is 0 Å². The van der Waals surface area contributed by atoms with Crippen molar-refractivity contribution in [1.82, 2.24) is 9.88 Å². The highest BCUT2D eigenvalue weighted by Crippen LogP contribution is 2.24. The van der Waals surface area contributed by atoms with Crippen LogP contribution in [0.4, 0.5) is 11.4 Å². The van der Waals surface area contributed by atoms with Gasteiger partial charge < -0.3 is 10.6 Å². The van der Waals surface area contributed by atoms with E-state index in [0.29, 0.717) is 16.4 Å². The fourth-order valence-electron chi connectivity index (χ4n) is 2.75. The summed E-state index contributed by atoms with van der Waals surface area (Å²) in [4.78, 5) is 30.6. The van der Waals surface area contributed by atoms with Crippen LogP contribution in [0.1, 0.15) is 5.01 Å². The minimum absolute atomic E-state index is 0.0663. The first kappa shape index (κ1) is 21.0. The van der Waals surface area contributed by atoms with Crippen LogP contribution in [0.25, 0.3) is 11.3 Å². The van der Waals surface area contributed by atoms with Crippen molar-refractivity contribution in [2.45, 2.75) is 6.92 Å².